The Kier molecular flexibility index (Phi) is 10.8. The van der Waals surface area contributed by atoms with Gasteiger partial charge >= 0.3 is 0 Å². The molecule has 500 valence electrons. The third-order valence-electron chi connectivity index (χ3n) is 24.1. The van der Waals surface area contributed by atoms with Crippen LogP contribution in [-0.2, 0) is 0 Å². The largest absolute Gasteiger partial charge is 0.308 e. The third-order valence-corrected chi connectivity index (χ3v) is 26.4. The van der Waals surface area contributed by atoms with E-state index in [0.29, 0.717) is 11.8 Å². The summed E-state index contributed by atoms with van der Waals surface area (Å²) < 4.78 is 16.7. The van der Waals surface area contributed by atoms with Crippen molar-refractivity contribution in [3.63, 3.8) is 0 Å². The summed E-state index contributed by atoms with van der Waals surface area (Å²) in [4.78, 5) is 23.2. The van der Waals surface area contributed by atoms with E-state index in [1.54, 1.807) is 22.7 Å². The number of rotatable bonds is 5. The lowest BCUT2D eigenvalue weighted by Crippen LogP contribution is -2.06. The van der Waals surface area contributed by atoms with Crippen molar-refractivity contribution in [3.05, 3.63) is 309 Å². The molecule has 0 aliphatic carbocycles. The van der Waals surface area contributed by atoms with Gasteiger partial charge in [0.25, 0.3) is 0 Å². The highest BCUT2D eigenvalue weighted by Crippen LogP contribution is 2.53. The molecule has 27 rings (SSSR count). The third kappa shape index (κ3) is 7.38. The second kappa shape index (κ2) is 20.5. The van der Waals surface area contributed by atoms with Crippen molar-refractivity contribution >= 4 is 237 Å². The molecule has 0 unspecified atom stereocenters. The molecule has 0 bridgehead atoms. The maximum atomic E-state index is 5.91. The van der Waals surface area contributed by atoms with Crippen LogP contribution in [0.1, 0.15) is 0 Å². The van der Waals surface area contributed by atoms with Gasteiger partial charge in [-0.3, -0.25) is 13.7 Å². The Hall–Kier alpha value is -14.1. The van der Waals surface area contributed by atoms with E-state index in [1.165, 1.54) is 124 Å². The van der Waals surface area contributed by atoms with E-state index in [9.17, 15) is 0 Å². The van der Waals surface area contributed by atoms with Crippen LogP contribution in [-0.4, -0.2) is 42.4 Å². The molecule has 9 nitrogen and oxygen atoms in total. The number of aromatic nitrogens is 9. The summed E-state index contributed by atoms with van der Waals surface area (Å²) in [7, 11) is 0. The summed E-state index contributed by atoms with van der Waals surface area (Å²) >= 11 is 3.56. The van der Waals surface area contributed by atoms with Crippen molar-refractivity contribution in [1.29, 1.82) is 0 Å². The van der Waals surface area contributed by atoms with Crippen LogP contribution in [0.3, 0.4) is 0 Å². The predicted octanol–water partition coefficient (Wildman–Crippen LogP) is 26.4. The predicted molar refractivity (Wildman–Crippen MR) is 459 cm³/mol. The summed E-state index contributed by atoms with van der Waals surface area (Å²) in [6.45, 7) is 0. The fourth-order valence-corrected chi connectivity index (χ4v) is 21.6. The number of hydrogen-bond donors (Lipinski definition) is 0. The first-order valence-corrected chi connectivity index (χ1v) is 38.7. The van der Waals surface area contributed by atoms with Crippen molar-refractivity contribution in [2.75, 3.05) is 0 Å². The number of benzene rings is 16. The maximum absolute atomic E-state index is 5.91. The Morgan fingerprint density at radius 2 is 0.624 bits per heavy atom. The lowest BCUT2D eigenvalue weighted by molar-refractivity contribution is 0.977. The number of para-hydroxylation sites is 5. The fourth-order valence-electron chi connectivity index (χ4n) is 19.4. The van der Waals surface area contributed by atoms with Crippen molar-refractivity contribution in [2.45, 2.75) is 0 Å². The Bertz CT molecular complexity index is 8790. The Balaban J connectivity index is 0.719. The van der Waals surface area contributed by atoms with E-state index in [0.717, 1.165) is 119 Å². The maximum Gasteiger partial charge on any atom is 0.237 e. The average Bonchev–Trinajstić information content (AvgIpc) is 1.52. The monoisotopic (exact) mass is 1420 g/mol. The first-order chi connectivity index (χ1) is 54.0. The number of thiophene rings is 2. The SMILES string of the molecule is c1ccc2cc(-c3nc(-n4c5ccccc5c5cc6c7ccccc7n7c8cc9ccccc9cc8c(c54)c67)c4sc5ccc(-c6ccc7c(c6)c6cc8c9ccccc9n(-c9nc(-n%10c%11ccccc%11c%11ccccc%11%10)nc%10c9sc9ccccc9%10)c8c8c9cc%10ccccc%10cc9n7c68)cc5c4n3)ccc2c1. The molecular formula is C98H51N9S2. The van der Waals surface area contributed by atoms with Crippen LogP contribution in [0.25, 0.3) is 255 Å². The van der Waals surface area contributed by atoms with E-state index in [-0.39, 0.29) is 0 Å². The minimum absolute atomic E-state index is 0.635. The first-order valence-electron chi connectivity index (χ1n) is 37.1. The Labute approximate surface area is 624 Å². The first kappa shape index (κ1) is 57.2. The van der Waals surface area contributed by atoms with Crippen LogP contribution in [0.4, 0.5) is 0 Å². The van der Waals surface area contributed by atoms with E-state index in [4.69, 9.17) is 19.9 Å². The Morgan fingerprint density at radius 3 is 1.21 bits per heavy atom. The van der Waals surface area contributed by atoms with Crippen molar-refractivity contribution in [3.8, 4) is 40.1 Å². The van der Waals surface area contributed by atoms with Gasteiger partial charge in [-0.15, -0.1) is 22.7 Å². The minimum Gasteiger partial charge on any atom is -0.308 e. The number of nitrogens with zero attached hydrogens (tertiary/aromatic N) is 9. The molecule has 0 N–H and O–H groups in total. The molecule has 16 aromatic carbocycles. The zero-order valence-corrected chi connectivity index (χ0v) is 59.4. The molecule has 27 aromatic rings. The lowest BCUT2D eigenvalue weighted by Gasteiger charge is -2.13. The smallest absolute Gasteiger partial charge is 0.237 e. The zero-order chi connectivity index (χ0) is 70.3. The van der Waals surface area contributed by atoms with Crippen molar-refractivity contribution in [1.82, 2.24) is 42.4 Å². The van der Waals surface area contributed by atoms with Crippen LogP contribution in [0.2, 0.25) is 0 Å². The van der Waals surface area contributed by atoms with E-state index >= 15 is 0 Å². The van der Waals surface area contributed by atoms with Crippen LogP contribution in [0.5, 0.6) is 0 Å². The number of fused-ring (bicyclic) bond motifs is 32. The summed E-state index contributed by atoms with van der Waals surface area (Å²) in [5.41, 5.74) is 18.8. The molecule has 0 saturated carbocycles. The Morgan fingerprint density at radius 1 is 0.220 bits per heavy atom. The molecule has 11 aromatic heterocycles. The molecular weight excluding hydrogens is 1370 g/mol. The quantitative estimate of drug-likeness (QED) is 0.172. The summed E-state index contributed by atoms with van der Waals surface area (Å²) in [6, 6.07) is 115. The van der Waals surface area contributed by atoms with E-state index < -0.39 is 0 Å². The molecule has 0 saturated heterocycles. The molecule has 109 heavy (non-hydrogen) atoms. The molecule has 0 fully saturated rings. The van der Waals surface area contributed by atoms with Gasteiger partial charge in [0.05, 0.1) is 86.6 Å². The second-order valence-electron chi connectivity index (χ2n) is 29.6. The van der Waals surface area contributed by atoms with Gasteiger partial charge in [-0.2, -0.15) is 4.98 Å². The molecule has 0 aliphatic heterocycles. The molecule has 0 atom stereocenters. The standard InChI is InChI=1S/C98H51N9S2/c1-2-20-53-43-60(38-37-52(53)19-1)95-99-88-74-47-59(40-42-84(74)109-94(88)96(101-95)106-78-34-16-10-28-64(78)69-50-68-63-27-9-13-31-75(63)103-81-48-56-23-5-3-21-54(56)45-72(81)85(89(68)103)91(69)106)58-39-41-80-67(44-58)71-51-70-65-29-11-17-35-79(65)107(92(70)86-73-46-55-22-4-6-24-57(55)49-82(73)104(80)90(71)86)97-93-87(66-30-12-18-36-83(66)108-93)100-98(102-97)105-76-32-14-7-25-61(76)62-26-8-15-33-77(62)105/h1-51H. The highest BCUT2D eigenvalue weighted by atomic mass is 32.1. The van der Waals surface area contributed by atoms with Gasteiger partial charge in [0, 0.05) is 101 Å². The highest BCUT2D eigenvalue weighted by molar-refractivity contribution is 7.26. The van der Waals surface area contributed by atoms with Gasteiger partial charge in [-0.05, 0) is 147 Å². The second-order valence-corrected chi connectivity index (χ2v) is 31.7. The minimum atomic E-state index is 0.635. The van der Waals surface area contributed by atoms with Crippen molar-refractivity contribution < 1.29 is 0 Å². The van der Waals surface area contributed by atoms with E-state index in [1.807, 2.05) is 0 Å². The molecule has 11 heteroatoms. The normalized spacial score (nSPS) is 12.8. The van der Waals surface area contributed by atoms with Gasteiger partial charge in [-0.1, -0.05) is 206 Å². The topological polar surface area (TPSA) is 75.2 Å². The van der Waals surface area contributed by atoms with Crippen LogP contribution in [0, 0.1) is 0 Å². The van der Waals surface area contributed by atoms with E-state index in [2.05, 4.69) is 332 Å². The molecule has 0 radical (unpaired) electrons. The number of hydrogen-bond acceptors (Lipinski definition) is 6. The lowest BCUT2D eigenvalue weighted by atomic mass is 9.99. The molecule has 0 aliphatic rings. The van der Waals surface area contributed by atoms with Gasteiger partial charge in [0.2, 0.25) is 5.95 Å². The van der Waals surface area contributed by atoms with Crippen LogP contribution < -0.4 is 0 Å². The highest BCUT2D eigenvalue weighted by Gasteiger charge is 2.31. The molecule has 0 spiro atoms. The zero-order valence-electron chi connectivity index (χ0n) is 57.8. The van der Waals surface area contributed by atoms with Gasteiger partial charge in [0.15, 0.2) is 17.5 Å². The fraction of sp³-hybridized carbons (Fsp3) is 0. The molecule has 11 heterocycles. The van der Waals surface area contributed by atoms with Crippen LogP contribution >= 0.6 is 22.7 Å². The van der Waals surface area contributed by atoms with Gasteiger partial charge in [0.1, 0.15) is 0 Å². The van der Waals surface area contributed by atoms with Gasteiger partial charge in [-0.25, -0.2) is 15.0 Å². The summed E-state index contributed by atoms with van der Waals surface area (Å²) in [5, 5.41) is 26.1. The average molecular weight is 1420 g/mol. The van der Waals surface area contributed by atoms with Gasteiger partial charge < -0.3 is 8.80 Å². The molecule has 0 amide bonds. The summed E-state index contributed by atoms with van der Waals surface area (Å²) in [6.07, 6.45) is 0. The summed E-state index contributed by atoms with van der Waals surface area (Å²) in [5.74, 6) is 3.04. The van der Waals surface area contributed by atoms with Crippen LogP contribution in [0.15, 0.2) is 309 Å². The van der Waals surface area contributed by atoms with Crippen molar-refractivity contribution in [2.24, 2.45) is 0 Å².